The molecular formula is C15H16BrNO3S. The average molecular weight is 370 g/mol. The maximum Gasteiger partial charge on any atom is 0.335 e. The van der Waals surface area contributed by atoms with E-state index in [1.54, 1.807) is 35.6 Å². The standard InChI is InChI=1S/C15H16BrNO3S/c16-14-6-5-13(21-14)7-8-17-9-10-20-12-3-1-11(2-4-12)15(18)19/h1-6,17H,7-10H2,(H,18,19). The van der Waals surface area contributed by atoms with Crippen LogP contribution < -0.4 is 10.1 Å². The number of carboxylic acids is 1. The third-order valence-electron chi connectivity index (χ3n) is 2.83. The lowest BCUT2D eigenvalue weighted by atomic mass is 10.2. The number of hydrogen-bond donors (Lipinski definition) is 2. The van der Waals surface area contributed by atoms with Gasteiger partial charge in [0.05, 0.1) is 9.35 Å². The largest absolute Gasteiger partial charge is 0.492 e. The Kier molecular flexibility index (Phi) is 6.22. The number of halogens is 1. The van der Waals surface area contributed by atoms with Gasteiger partial charge in [-0.15, -0.1) is 11.3 Å². The molecule has 0 saturated heterocycles. The fraction of sp³-hybridized carbons (Fsp3) is 0.267. The number of thiophene rings is 1. The van der Waals surface area contributed by atoms with Crippen molar-refractivity contribution in [1.82, 2.24) is 5.32 Å². The second kappa shape index (κ2) is 8.17. The Morgan fingerprint density at radius 3 is 2.57 bits per heavy atom. The molecule has 0 radical (unpaired) electrons. The van der Waals surface area contributed by atoms with E-state index >= 15 is 0 Å². The number of nitrogens with one attached hydrogen (secondary N) is 1. The zero-order chi connectivity index (χ0) is 15.1. The Bertz CT molecular complexity index is 583. The van der Waals surface area contributed by atoms with Crippen molar-refractivity contribution in [3.63, 3.8) is 0 Å². The first kappa shape index (κ1) is 16.0. The van der Waals surface area contributed by atoms with Crippen LogP contribution in [0.4, 0.5) is 0 Å². The van der Waals surface area contributed by atoms with Crippen LogP contribution in [-0.2, 0) is 6.42 Å². The van der Waals surface area contributed by atoms with Crippen molar-refractivity contribution in [3.05, 3.63) is 50.6 Å². The van der Waals surface area contributed by atoms with E-state index in [0.29, 0.717) is 12.4 Å². The van der Waals surface area contributed by atoms with Gasteiger partial charge in [0.15, 0.2) is 0 Å². The topological polar surface area (TPSA) is 58.6 Å². The van der Waals surface area contributed by atoms with Crippen molar-refractivity contribution < 1.29 is 14.6 Å². The summed E-state index contributed by atoms with van der Waals surface area (Å²) in [5.74, 6) is -0.243. The molecule has 2 rings (SSSR count). The lowest BCUT2D eigenvalue weighted by Crippen LogP contribution is -2.23. The number of carbonyl (C=O) groups is 1. The monoisotopic (exact) mass is 369 g/mol. The van der Waals surface area contributed by atoms with Gasteiger partial charge in [-0.25, -0.2) is 4.79 Å². The average Bonchev–Trinajstić information content (AvgIpc) is 2.89. The van der Waals surface area contributed by atoms with Crippen LogP contribution in [0.3, 0.4) is 0 Å². The summed E-state index contributed by atoms with van der Waals surface area (Å²) in [6.45, 7) is 2.22. The molecule has 0 atom stereocenters. The minimum atomic E-state index is -0.927. The van der Waals surface area contributed by atoms with E-state index in [9.17, 15) is 4.79 Å². The molecule has 0 bridgehead atoms. The number of benzene rings is 1. The first-order valence-electron chi connectivity index (χ1n) is 6.56. The molecular weight excluding hydrogens is 354 g/mol. The van der Waals surface area contributed by atoms with Gasteiger partial charge < -0.3 is 15.2 Å². The summed E-state index contributed by atoms with van der Waals surface area (Å²) in [5.41, 5.74) is 0.266. The molecule has 0 unspecified atom stereocenters. The molecule has 4 nitrogen and oxygen atoms in total. The van der Waals surface area contributed by atoms with Gasteiger partial charge in [0, 0.05) is 18.0 Å². The van der Waals surface area contributed by atoms with Crippen LogP contribution in [0, 0.1) is 0 Å². The summed E-state index contributed by atoms with van der Waals surface area (Å²) in [5, 5.41) is 12.1. The minimum absolute atomic E-state index is 0.266. The van der Waals surface area contributed by atoms with E-state index in [0.717, 1.165) is 23.3 Å². The second-order valence-corrected chi connectivity index (χ2v) is 6.93. The first-order valence-corrected chi connectivity index (χ1v) is 8.17. The number of carboxylic acid groups (broad SMARTS) is 1. The fourth-order valence-electron chi connectivity index (χ4n) is 1.76. The maximum absolute atomic E-state index is 10.7. The SMILES string of the molecule is O=C(O)c1ccc(OCCNCCc2ccc(Br)s2)cc1. The molecule has 2 aromatic rings. The number of hydrogen-bond acceptors (Lipinski definition) is 4. The van der Waals surface area contributed by atoms with Crippen LogP contribution in [-0.4, -0.2) is 30.8 Å². The highest BCUT2D eigenvalue weighted by Crippen LogP contribution is 2.22. The van der Waals surface area contributed by atoms with Crippen LogP contribution >= 0.6 is 27.3 Å². The Balaban J connectivity index is 1.60. The van der Waals surface area contributed by atoms with Crippen LogP contribution in [0.5, 0.6) is 5.75 Å². The molecule has 0 amide bonds. The summed E-state index contributed by atoms with van der Waals surface area (Å²) >= 11 is 5.20. The first-order chi connectivity index (χ1) is 10.1. The van der Waals surface area contributed by atoms with Gasteiger partial charge in [-0.2, -0.15) is 0 Å². The van der Waals surface area contributed by atoms with Crippen molar-refractivity contribution in [1.29, 1.82) is 0 Å². The van der Waals surface area contributed by atoms with Gasteiger partial charge in [-0.05, 0) is 58.7 Å². The van der Waals surface area contributed by atoms with Gasteiger partial charge in [-0.1, -0.05) is 0 Å². The second-order valence-electron chi connectivity index (χ2n) is 4.38. The van der Waals surface area contributed by atoms with E-state index in [1.807, 2.05) is 0 Å². The van der Waals surface area contributed by atoms with Gasteiger partial charge in [0.1, 0.15) is 12.4 Å². The van der Waals surface area contributed by atoms with Gasteiger partial charge in [0.2, 0.25) is 0 Å². The van der Waals surface area contributed by atoms with Crippen molar-refractivity contribution in [2.45, 2.75) is 6.42 Å². The van der Waals surface area contributed by atoms with Gasteiger partial charge in [0.25, 0.3) is 0 Å². The predicted molar refractivity (Wildman–Crippen MR) is 87.5 cm³/mol. The summed E-state index contributed by atoms with van der Waals surface area (Å²) in [4.78, 5) is 12.1. The van der Waals surface area contributed by atoms with E-state index < -0.39 is 5.97 Å². The molecule has 21 heavy (non-hydrogen) atoms. The van der Waals surface area contributed by atoms with E-state index in [1.165, 1.54) is 4.88 Å². The normalized spacial score (nSPS) is 10.5. The lowest BCUT2D eigenvalue weighted by molar-refractivity contribution is 0.0697. The molecule has 1 heterocycles. The Morgan fingerprint density at radius 1 is 1.19 bits per heavy atom. The van der Waals surface area contributed by atoms with Crippen LogP contribution in [0.1, 0.15) is 15.2 Å². The summed E-state index contributed by atoms with van der Waals surface area (Å²) in [6, 6.07) is 10.6. The zero-order valence-corrected chi connectivity index (χ0v) is 13.7. The molecule has 6 heteroatoms. The molecule has 0 spiro atoms. The molecule has 0 aliphatic carbocycles. The van der Waals surface area contributed by atoms with Crippen molar-refractivity contribution in [3.8, 4) is 5.75 Å². The third-order valence-corrected chi connectivity index (χ3v) is 4.51. The highest BCUT2D eigenvalue weighted by molar-refractivity contribution is 9.11. The highest BCUT2D eigenvalue weighted by atomic mass is 79.9. The van der Waals surface area contributed by atoms with Crippen LogP contribution in [0.2, 0.25) is 0 Å². The molecule has 0 fully saturated rings. The Hall–Kier alpha value is -1.37. The number of rotatable bonds is 8. The molecule has 0 aliphatic rings. The van der Waals surface area contributed by atoms with E-state index in [-0.39, 0.29) is 5.56 Å². The molecule has 0 saturated carbocycles. The van der Waals surface area contributed by atoms with E-state index in [4.69, 9.17) is 9.84 Å². The zero-order valence-electron chi connectivity index (χ0n) is 11.3. The summed E-state index contributed by atoms with van der Waals surface area (Å²) in [7, 11) is 0. The van der Waals surface area contributed by atoms with Crippen molar-refractivity contribution in [2.75, 3.05) is 19.7 Å². The molecule has 1 aromatic carbocycles. The third kappa shape index (κ3) is 5.49. The van der Waals surface area contributed by atoms with Crippen molar-refractivity contribution >= 4 is 33.2 Å². The smallest absolute Gasteiger partial charge is 0.335 e. The van der Waals surface area contributed by atoms with Crippen molar-refractivity contribution in [2.24, 2.45) is 0 Å². The fourth-order valence-corrected chi connectivity index (χ4v) is 3.24. The highest BCUT2D eigenvalue weighted by Gasteiger charge is 2.02. The number of aromatic carboxylic acids is 1. The van der Waals surface area contributed by atoms with Gasteiger partial charge >= 0.3 is 5.97 Å². The maximum atomic E-state index is 10.7. The number of ether oxygens (including phenoxy) is 1. The predicted octanol–water partition coefficient (Wildman–Crippen LogP) is 3.42. The lowest BCUT2D eigenvalue weighted by Gasteiger charge is -2.07. The Morgan fingerprint density at radius 2 is 1.95 bits per heavy atom. The minimum Gasteiger partial charge on any atom is -0.492 e. The molecule has 112 valence electrons. The van der Waals surface area contributed by atoms with Crippen LogP contribution in [0.15, 0.2) is 40.2 Å². The summed E-state index contributed by atoms with van der Waals surface area (Å²) < 4.78 is 6.69. The summed E-state index contributed by atoms with van der Waals surface area (Å²) in [6.07, 6.45) is 1.00. The molecule has 0 aliphatic heterocycles. The molecule has 1 aromatic heterocycles. The Labute approximate surface area is 135 Å². The van der Waals surface area contributed by atoms with Gasteiger partial charge in [-0.3, -0.25) is 0 Å². The molecule has 2 N–H and O–H groups in total. The van der Waals surface area contributed by atoms with E-state index in [2.05, 4.69) is 33.4 Å². The van der Waals surface area contributed by atoms with Crippen LogP contribution in [0.25, 0.3) is 0 Å². The quantitative estimate of drug-likeness (QED) is 0.700.